The average Bonchev–Trinajstić information content (AvgIpc) is 2.07. The number of rotatable bonds is 2. The van der Waals surface area contributed by atoms with E-state index in [1.165, 1.54) is 0 Å². The first kappa shape index (κ1) is 11.2. The molecule has 78 valence electrons. The van der Waals surface area contributed by atoms with Crippen molar-refractivity contribution < 1.29 is 0 Å². The van der Waals surface area contributed by atoms with Gasteiger partial charge in [0.05, 0.1) is 0 Å². The number of hydrogen-bond acceptors (Lipinski definition) is 2. The van der Waals surface area contributed by atoms with Crippen molar-refractivity contribution in [1.82, 2.24) is 9.55 Å². The molecule has 0 aromatic carbocycles. The zero-order valence-corrected chi connectivity index (χ0v) is 9.67. The molecule has 0 aliphatic heterocycles. The maximum Gasteiger partial charge on any atom is 0.272 e. The molecule has 0 aliphatic rings. The predicted octanol–water partition coefficient (Wildman–Crippen LogP) is 2.60. The van der Waals surface area contributed by atoms with Crippen molar-refractivity contribution in [1.29, 1.82) is 0 Å². The van der Waals surface area contributed by atoms with E-state index in [-0.39, 0.29) is 17.5 Å². The van der Waals surface area contributed by atoms with Gasteiger partial charge in [-0.05, 0) is 13.8 Å². The van der Waals surface area contributed by atoms with E-state index in [1.807, 2.05) is 27.7 Å². The number of nitrogens with zero attached hydrogens (tertiary/aromatic N) is 2. The third-order valence-electron chi connectivity index (χ3n) is 2.03. The zero-order chi connectivity index (χ0) is 10.9. The molecule has 0 saturated carbocycles. The van der Waals surface area contributed by atoms with Crippen LogP contribution in [0.1, 0.15) is 45.3 Å². The molecule has 0 aliphatic carbocycles. The van der Waals surface area contributed by atoms with Gasteiger partial charge in [-0.1, -0.05) is 25.4 Å². The van der Waals surface area contributed by atoms with Gasteiger partial charge in [0.1, 0.15) is 10.8 Å². The maximum absolute atomic E-state index is 11.8. The van der Waals surface area contributed by atoms with Crippen molar-refractivity contribution in [3.8, 4) is 0 Å². The summed E-state index contributed by atoms with van der Waals surface area (Å²) in [6.45, 7) is 7.76. The van der Waals surface area contributed by atoms with E-state index in [0.717, 1.165) is 0 Å². The molecule has 0 bridgehead atoms. The molecule has 0 amide bonds. The highest BCUT2D eigenvalue weighted by atomic mass is 35.5. The fraction of sp³-hybridized carbons (Fsp3) is 0.600. The monoisotopic (exact) mass is 214 g/mol. The molecular weight excluding hydrogens is 200 g/mol. The van der Waals surface area contributed by atoms with Crippen molar-refractivity contribution >= 4 is 11.6 Å². The Kier molecular flexibility index (Phi) is 3.32. The lowest BCUT2D eigenvalue weighted by Crippen LogP contribution is -2.27. The minimum Gasteiger partial charge on any atom is -0.308 e. The predicted molar refractivity (Wildman–Crippen MR) is 58.0 cm³/mol. The quantitative estimate of drug-likeness (QED) is 0.759. The minimum absolute atomic E-state index is 0.0422. The van der Waals surface area contributed by atoms with Gasteiger partial charge in [0.25, 0.3) is 5.56 Å². The molecule has 0 saturated heterocycles. The lowest BCUT2D eigenvalue weighted by atomic mass is 10.1. The first-order valence-corrected chi connectivity index (χ1v) is 5.10. The van der Waals surface area contributed by atoms with Crippen molar-refractivity contribution in [2.75, 3.05) is 0 Å². The first-order valence-electron chi connectivity index (χ1n) is 4.72. The standard InChI is InChI=1S/C10H15ClN2O/c1-6(2)9-10(14)13(7(3)4)5-8(11)12-9/h5-7H,1-4H3. The summed E-state index contributed by atoms with van der Waals surface area (Å²) >= 11 is 5.84. The second kappa shape index (κ2) is 4.13. The van der Waals surface area contributed by atoms with Gasteiger partial charge in [-0.2, -0.15) is 0 Å². The van der Waals surface area contributed by atoms with Crippen LogP contribution in [-0.2, 0) is 0 Å². The van der Waals surface area contributed by atoms with Gasteiger partial charge in [0.2, 0.25) is 0 Å². The third kappa shape index (κ3) is 2.15. The molecule has 0 spiro atoms. The van der Waals surface area contributed by atoms with Gasteiger partial charge < -0.3 is 4.57 Å². The number of aromatic nitrogens is 2. The molecule has 3 nitrogen and oxygen atoms in total. The first-order chi connectivity index (χ1) is 6.43. The Balaban J connectivity index is 3.40. The van der Waals surface area contributed by atoms with Crippen LogP contribution in [0.25, 0.3) is 0 Å². The highest BCUT2D eigenvalue weighted by Gasteiger charge is 2.12. The second-order valence-electron chi connectivity index (χ2n) is 3.91. The van der Waals surface area contributed by atoms with Crippen LogP contribution < -0.4 is 5.56 Å². The van der Waals surface area contributed by atoms with Crippen LogP contribution in [0.2, 0.25) is 5.15 Å². The fourth-order valence-corrected chi connectivity index (χ4v) is 1.45. The van der Waals surface area contributed by atoms with Crippen LogP contribution in [0, 0.1) is 0 Å². The van der Waals surface area contributed by atoms with Crippen molar-refractivity contribution in [3.05, 3.63) is 27.4 Å². The Bertz CT molecular complexity index is 350. The maximum atomic E-state index is 11.8. The Morgan fingerprint density at radius 3 is 2.36 bits per heavy atom. The smallest absolute Gasteiger partial charge is 0.272 e. The van der Waals surface area contributed by atoms with E-state index in [9.17, 15) is 4.79 Å². The van der Waals surface area contributed by atoms with Gasteiger partial charge in [0.15, 0.2) is 0 Å². The molecule has 1 aromatic rings. The van der Waals surface area contributed by atoms with E-state index in [2.05, 4.69) is 4.98 Å². The van der Waals surface area contributed by atoms with Crippen molar-refractivity contribution in [2.45, 2.75) is 39.7 Å². The van der Waals surface area contributed by atoms with Crippen LogP contribution in [0.4, 0.5) is 0 Å². The lowest BCUT2D eigenvalue weighted by Gasteiger charge is -2.12. The summed E-state index contributed by atoms with van der Waals surface area (Å²) in [6, 6.07) is 0.112. The Morgan fingerprint density at radius 1 is 1.36 bits per heavy atom. The SMILES string of the molecule is CC(C)c1nc(Cl)cn(C(C)C)c1=O. The van der Waals surface area contributed by atoms with E-state index < -0.39 is 0 Å². The van der Waals surface area contributed by atoms with E-state index >= 15 is 0 Å². The summed E-state index contributed by atoms with van der Waals surface area (Å²) in [4.78, 5) is 15.9. The summed E-state index contributed by atoms with van der Waals surface area (Å²) in [5, 5.41) is 0.377. The van der Waals surface area contributed by atoms with E-state index in [1.54, 1.807) is 10.8 Å². The highest BCUT2D eigenvalue weighted by molar-refractivity contribution is 6.29. The summed E-state index contributed by atoms with van der Waals surface area (Å²) in [5.41, 5.74) is 0.491. The van der Waals surface area contributed by atoms with Crippen molar-refractivity contribution in [2.24, 2.45) is 0 Å². The zero-order valence-electron chi connectivity index (χ0n) is 8.91. The number of halogens is 1. The Morgan fingerprint density at radius 2 is 1.93 bits per heavy atom. The molecule has 0 unspecified atom stereocenters. The third-order valence-corrected chi connectivity index (χ3v) is 2.21. The van der Waals surface area contributed by atoms with Crippen LogP contribution in [-0.4, -0.2) is 9.55 Å². The normalized spacial score (nSPS) is 11.4. The molecule has 1 heterocycles. The van der Waals surface area contributed by atoms with Crippen LogP contribution in [0.3, 0.4) is 0 Å². The molecule has 14 heavy (non-hydrogen) atoms. The van der Waals surface area contributed by atoms with Gasteiger partial charge in [0, 0.05) is 18.2 Å². The molecule has 0 fully saturated rings. The molecule has 4 heteroatoms. The fourth-order valence-electron chi connectivity index (χ4n) is 1.26. The van der Waals surface area contributed by atoms with Gasteiger partial charge in [-0.15, -0.1) is 0 Å². The second-order valence-corrected chi connectivity index (χ2v) is 4.30. The minimum atomic E-state index is -0.0422. The topological polar surface area (TPSA) is 34.9 Å². The summed E-state index contributed by atoms with van der Waals surface area (Å²) in [5.74, 6) is 0.103. The van der Waals surface area contributed by atoms with Crippen LogP contribution >= 0.6 is 11.6 Å². The molecule has 0 atom stereocenters. The Hall–Kier alpha value is -0.830. The molecule has 0 radical (unpaired) electrons. The Labute approximate surface area is 88.7 Å². The molecule has 1 rings (SSSR count). The van der Waals surface area contributed by atoms with Gasteiger partial charge in [-0.3, -0.25) is 4.79 Å². The average molecular weight is 215 g/mol. The van der Waals surface area contributed by atoms with Gasteiger partial charge in [-0.25, -0.2) is 4.98 Å². The van der Waals surface area contributed by atoms with E-state index in [4.69, 9.17) is 11.6 Å². The summed E-state index contributed by atoms with van der Waals surface area (Å²) in [6.07, 6.45) is 1.58. The lowest BCUT2D eigenvalue weighted by molar-refractivity contribution is 0.561. The van der Waals surface area contributed by atoms with Crippen LogP contribution in [0.5, 0.6) is 0 Å². The summed E-state index contributed by atoms with van der Waals surface area (Å²) < 4.78 is 1.62. The van der Waals surface area contributed by atoms with Gasteiger partial charge >= 0.3 is 0 Å². The van der Waals surface area contributed by atoms with Crippen molar-refractivity contribution in [3.63, 3.8) is 0 Å². The van der Waals surface area contributed by atoms with Crippen LogP contribution in [0.15, 0.2) is 11.0 Å². The highest BCUT2D eigenvalue weighted by Crippen LogP contribution is 2.12. The summed E-state index contributed by atoms with van der Waals surface area (Å²) in [7, 11) is 0. The molecular formula is C10H15ClN2O. The number of hydrogen-bond donors (Lipinski definition) is 0. The molecule has 1 aromatic heterocycles. The largest absolute Gasteiger partial charge is 0.308 e. The van der Waals surface area contributed by atoms with E-state index in [0.29, 0.717) is 10.8 Å². The molecule has 0 N–H and O–H groups in total.